The van der Waals surface area contributed by atoms with Gasteiger partial charge in [-0.05, 0) is 37.3 Å². The summed E-state index contributed by atoms with van der Waals surface area (Å²) in [6.45, 7) is 1.92. The first-order chi connectivity index (χ1) is 10.3. The van der Waals surface area contributed by atoms with Gasteiger partial charge in [0.25, 0.3) is 0 Å². The number of aryl methyl sites for hydroxylation is 1. The highest BCUT2D eigenvalue weighted by molar-refractivity contribution is 5.77. The lowest BCUT2D eigenvalue weighted by Crippen LogP contribution is -2.39. The molecule has 1 saturated carbocycles. The standard InChI is InChI=1S/C18H26N2O/c21-18(19-16-9-2-1-3-10-16)12-14-20-13-6-8-15-7-4-5-11-17(15)20/h4-5,7,11,16H,1-3,6,8-10,12-14H2,(H,19,21). The van der Waals surface area contributed by atoms with Crippen LogP contribution in [0.4, 0.5) is 5.69 Å². The molecule has 1 aliphatic heterocycles. The van der Waals surface area contributed by atoms with E-state index in [2.05, 4.69) is 34.5 Å². The van der Waals surface area contributed by atoms with E-state index in [4.69, 9.17) is 0 Å². The number of para-hydroxylation sites is 1. The van der Waals surface area contributed by atoms with E-state index in [1.807, 2.05) is 0 Å². The molecule has 1 heterocycles. The van der Waals surface area contributed by atoms with Crippen molar-refractivity contribution in [2.75, 3.05) is 18.0 Å². The minimum atomic E-state index is 0.227. The lowest BCUT2D eigenvalue weighted by molar-refractivity contribution is -0.121. The Hall–Kier alpha value is -1.51. The second kappa shape index (κ2) is 6.97. The van der Waals surface area contributed by atoms with Crippen LogP contribution in [0.25, 0.3) is 0 Å². The van der Waals surface area contributed by atoms with Gasteiger partial charge in [-0.3, -0.25) is 4.79 Å². The summed E-state index contributed by atoms with van der Waals surface area (Å²) >= 11 is 0. The number of carbonyl (C=O) groups excluding carboxylic acids is 1. The van der Waals surface area contributed by atoms with Gasteiger partial charge in [0.05, 0.1) is 0 Å². The lowest BCUT2D eigenvalue weighted by atomic mass is 9.95. The molecule has 1 fully saturated rings. The topological polar surface area (TPSA) is 32.3 Å². The van der Waals surface area contributed by atoms with Gasteiger partial charge in [-0.1, -0.05) is 37.5 Å². The van der Waals surface area contributed by atoms with Crippen molar-refractivity contribution < 1.29 is 4.79 Å². The van der Waals surface area contributed by atoms with E-state index < -0.39 is 0 Å². The van der Waals surface area contributed by atoms with E-state index in [0.29, 0.717) is 12.5 Å². The molecule has 114 valence electrons. The van der Waals surface area contributed by atoms with Gasteiger partial charge in [-0.15, -0.1) is 0 Å². The van der Waals surface area contributed by atoms with Crippen molar-refractivity contribution in [1.82, 2.24) is 5.32 Å². The Bertz CT molecular complexity index is 480. The molecule has 2 aliphatic rings. The molecule has 1 aromatic carbocycles. The first-order valence-electron chi connectivity index (χ1n) is 8.45. The van der Waals surface area contributed by atoms with Crippen LogP contribution in [0, 0.1) is 0 Å². The minimum absolute atomic E-state index is 0.227. The van der Waals surface area contributed by atoms with Gasteiger partial charge < -0.3 is 10.2 Å². The number of hydrogen-bond acceptors (Lipinski definition) is 2. The SMILES string of the molecule is O=C(CCN1CCCc2ccccc21)NC1CCCCC1. The van der Waals surface area contributed by atoms with Gasteiger partial charge in [-0.2, -0.15) is 0 Å². The van der Waals surface area contributed by atoms with Crippen LogP contribution in [-0.4, -0.2) is 25.0 Å². The van der Waals surface area contributed by atoms with Crippen LogP contribution in [0.1, 0.15) is 50.5 Å². The van der Waals surface area contributed by atoms with E-state index in [1.54, 1.807) is 0 Å². The van der Waals surface area contributed by atoms with Crippen LogP contribution in [0.3, 0.4) is 0 Å². The average Bonchev–Trinajstić information content (AvgIpc) is 2.54. The van der Waals surface area contributed by atoms with Gasteiger partial charge in [0.1, 0.15) is 0 Å². The molecule has 0 spiro atoms. The van der Waals surface area contributed by atoms with Crippen LogP contribution in [0.15, 0.2) is 24.3 Å². The van der Waals surface area contributed by atoms with Gasteiger partial charge in [0.2, 0.25) is 5.91 Å². The lowest BCUT2D eigenvalue weighted by Gasteiger charge is -2.31. The highest BCUT2D eigenvalue weighted by Gasteiger charge is 2.19. The molecule has 0 atom stereocenters. The maximum absolute atomic E-state index is 12.1. The molecule has 3 rings (SSSR count). The number of nitrogens with one attached hydrogen (secondary N) is 1. The average molecular weight is 286 g/mol. The second-order valence-electron chi connectivity index (χ2n) is 6.37. The first-order valence-corrected chi connectivity index (χ1v) is 8.45. The summed E-state index contributed by atoms with van der Waals surface area (Å²) in [5.74, 6) is 0.227. The van der Waals surface area contributed by atoms with E-state index in [-0.39, 0.29) is 5.91 Å². The Kier molecular flexibility index (Phi) is 4.79. The summed E-state index contributed by atoms with van der Waals surface area (Å²) in [6, 6.07) is 9.04. The number of rotatable bonds is 4. The molecule has 1 amide bonds. The summed E-state index contributed by atoms with van der Waals surface area (Å²) in [4.78, 5) is 14.5. The van der Waals surface area contributed by atoms with Gasteiger partial charge in [-0.25, -0.2) is 0 Å². The maximum atomic E-state index is 12.1. The fourth-order valence-corrected chi connectivity index (χ4v) is 3.63. The Balaban J connectivity index is 1.50. The number of benzene rings is 1. The highest BCUT2D eigenvalue weighted by atomic mass is 16.1. The van der Waals surface area contributed by atoms with Crippen molar-refractivity contribution in [3.05, 3.63) is 29.8 Å². The zero-order valence-electron chi connectivity index (χ0n) is 12.8. The van der Waals surface area contributed by atoms with Crippen molar-refractivity contribution in [3.63, 3.8) is 0 Å². The summed E-state index contributed by atoms with van der Waals surface area (Å²) in [5.41, 5.74) is 2.76. The van der Waals surface area contributed by atoms with E-state index >= 15 is 0 Å². The normalized spacial score (nSPS) is 19.1. The van der Waals surface area contributed by atoms with Crippen molar-refractivity contribution in [1.29, 1.82) is 0 Å². The number of carbonyl (C=O) groups is 1. The van der Waals surface area contributed by atoms with Crippen LogP contribution < -0.4 is 10.2 Å². The van der Waals surface area contributed by atoms with Crippen LogP contribution >= 0.6 is 0 Å². The molecule has 1 aliphatic carbocycles. The Labute approximate surface area is 127 Å². The summed E-state index contributed by atoms with van der Waals surface area (Å²) < 4.78 is 0. The molecule has 0 aromatic heterocycles. The Morgan fingerprint density at radius 3 is 2.81 bits per heavy atom. The third-order valence-corrected chi connectivity index (χ3v) is 4.79. The van der Waals surface area contributed by atoms with Crippen molar-refractivity contribution in [2.45, 2.75) is 57.4 Å². The van der Waals surface area contributed by atoms with Crippen LogP contribution in [0.5, 0.6) is 0 Å². The number of nitrogens with zero attached hydrogens (tertiary/aromatic N) is 1. The predicted octanol–water partition coefficient (Wildman–Crippen LogP) is 3.28. The number of amides is 1. The van der Waals surface area contributed by atoms with E-state index in [1.165, 1.54) is 43.4 Å². The maximum Gasteiger partial charge on any atom is 0.221 e. The third-order valence-electron chi connectivity index (χ3n) is 4.79. The molecule has 0 bridgehead atoms. The fraction of sp³-hybridized carbons (Fsp3) is 0.611. The molecule has 1 aromatic rings. The quantitative estimate of drug-likeness (QED) is 0.921. The van der Waals surface area contributed by atoms with E-state index in [0.717, 1.165) is 25.9 Å². The minimum Gasteiger partial charge on any atom is -0.371 e. The van der Waals surface area contributed by atoms with Gasteiger partial charge in [0.15, 0.2) is 0 Å². The molecular weight excluding hydrogens is 260 g/mol. The number of hydrogen-bond donors (Lipinski definition) is 1. The van der Waals surface area contributed by atoms with Crippen molar-refractivity contribution >= 4 is 11.6 Å². The van der Waals surface area contributed by atoms with Crippen molar-refractivity contribution in [3.8, 4) is 0 Å². The highest BCUT2D eigenvalue weighted by Crippen LogP contribution is 2.26. The monoisotopic (exact) mass is 286 g/mol. The molecule has 1 N–H and O–H groups in total. The summed E-state index contributed by atoms with van der Waals surface area (Å²) in [5, 5.41) is 3.22. The van der Waals surface area contributed by atoms with Crippen LogP contribution in [0.2, 0.25) is 0 Å². The number of anilines is 1. The molecular formula is C18H26N2O. The Morgan fingerprint density at radius 1 is 1.14 bits per heavy atom. The van der Waals surface area contributed by atoms with Gasteiger partial charge >= 0.3 is 0 Å². The summed E-state index contributed by atoms with van der Waals surface area (Å²) in [6.07, 6.45) is 9.18. The van der Waals surface area contributed by atoms with E-state index in [9.17, 15) is 4.79 Å². The smallest absolute Gasteiger partial charge is 0.221 e. The third kappa shape index (κ3) is 3.78. The molecule has 0 unspecified atom stereocenters. The first kappa shape index (κ1) is 14.4. The molecule has 3 heteroatoms. The van der Waals surface area contributed by atoms with Crippen LogP contribution in [-0.2, 0) is 11.2 Å². The zero-order chi connectivity index (χ0) is 14.5. The molecule has 3 nitrogen and oxygen atoms in total. The van der Waals surface area contributed by atoms with Crippen molar-refractivity contribution in [2.24, 2.45) is 0 Å². The predicted molar refractivity (Wildman–Crippen MR) is 86.6 cm³/mol. The van der Waals surface area contributed by atoms with Gasteiger partial charge in [0, 0.05) is 31.2 Å². The molecule has 21 heavy (non-hydrogen) atoms. The zero-order valence-corrected chi connectivity index (χ0v) is 12.8. The second-order valence-corrected chi connectivity index (χ2v) is 6.37. The summed E-state index contributed by atoms with van der Waals surface area (Å²) in [7, 11) is 0. The Morgan fingerprint density at radius 2 is 1.95 bits per heavy atom. The largest absolute Gasteiger partial charge is 0.371 e. The molecule has 0 saturated heterocycles. The number of fused-ring (bicyclic) bond motifs is 1. The molecule has 0 radical (unpaired) electrons. The fourth-order valence-electron chi connectivity index (χ4n) is 3.63.